The van der Waals surface area contributed by atoms with Crippen molar-refractivity contribution in [2.24, 2.45) is 15.5 Å². The van der Waals surface area contributed by atoms with Crippen LogP contribution in [-0.2, 0) is 0 Å². The van der Waals surface area contributed by atoms with E-state index in [1.165, 1.54) is 12.8 Å². The van der Waals surface area contributed by atoms with Crippen LogP contribution in [0.15, 0.2) is 4.02 Å². The van der Waals surface area contributed by atoms with Crippen LogP contribution in [0.4, 0.5) is 0 Å². The number of unbranched alkanes of at least 4 members (excludes halogenated alkanes) is 3. The molecule has 0 aliphatic heterocycles. The molecular weight excluding hydrogens is 300 g/mol. The number of rotatable bonds is 6. The third kappa shape index (κ3) is 7.28. The number of nitrogens with two attached hydrogens (primary N) is 2. The maximum absolute atomic E-state index is 5.52. The molecule has 0 heterocycles. The Kier molecular flexibility index (Phi) is 8.90. The van der Waals surface area contributed by atoms with E-state index in [1.54, 1.807) is 3.93 Å². The van der Waals surface area contributed by atoms with Gasteiger partial charge in [0.05, 0.1) is 32.3 Å². The van der Waals surface area contributed by atoms with Gasteiger partial charge < -0.3 is 11.5 Å². The minimum atomic E-state index is 0.443. The highest BCUT2D eigenvalue weighted by molar-refractivity contribution is 9.08. The molecule has 78 valence electrons. The lowest BCUT2D eigenvalue weighted by Gasteiger charge is -2.13. The average Bonchev–Trinajstić information content (AvgIpc) is 2.16. The zero-order valence-electron chi connectivity index (χ0n) is 7.55. The van der Waals surface area contributed by atoms with E-state index in [4.69, 9.17) is 11.5 Å². The van der Waals surface area contributed by atoms with Crippen molar-refractivity contribution in [3.8, 4) is 0 Å². The Labute approximate surface area is 96.4 Å². The number of hydrogen-bond donors (Lipinski definition) is 2. The summed E-state index contributed by atoms with van der Waals surface area (Å²) >= 11 is 6.22. The number of nitrogens with zero attached hydrogens (tertiary/aromatic N) is 2. The van der Waals surface area contributed by atoms with Crippen molar-refractivity contribution in [1.82, 2.24) is 3.93 Å². The molecule has 0 saturated carbocycles. The van der Waals surface area contributed by atoms with E-state index in [1.807, 2.05) is 0 Å². The van der Waals surface area contributed by atoms with Gasteiger partial charge in [-0.05, 0) is 19.4 Å². The third-order valence-electron chi connectivity index (χ3n) is 1.64. The Hall–Kier alpha value is 0.190. The second-order valence-corrected chi connectivity index (χ2v) is 3.94. The maximum Gasteiger partial charge on any atom is 0.213 e. The fraction of sp³-hybridized carbons (Fsp3) is 0.857. The highest BCUT2D eigenvalue weighted by Crippen LogP contribution is 2.05. The van der Waals surface area contributed by atoms with Crippen LogP contribution in [-0.4, -0.2) is 23.0 Å². The standard InChI is InChI=1S/C7H16Br2N4/c8-12-7(11)13(9)6-4-2-1-3-5-10/h1-6,10H2,(H2,11,12). The van der Waals surface area contributed by atoms with Crippen LogP contribution in [0, 0.1) is 0 Å². The van der Waals surface area contributed by atoms with Crippen LogP contribution in [0.5, 0.6) is 0 Å². The normalized spacial score (nSPS) is 11.8. The van der Waals surface area contributed by atoms with E-state index >= 15 is 0 Å². The molecule has 0 aliphatic carbocycles. The van der Waals surface area contributed by atoms with Gasteiger partial charge >= 0.3 is 0 Å². The van der Waals surface area contributed by atoms with Gasteiger partial charge in [-0.25, -0.2) is 0 Å². The summed E-state index contributed by atoms with van der Waals surface area (Å²) in [5, 5.41) is 0. The van der Waals surface area contributed by atoms with E-state index in [9.17, 15) is 0 Å². The van der Waals surface area contributed by atoms with Crippen LogP contribution < -0.4 is 11.5 Å². The Morgan fingerprint density at radius 1 is 1.23 bits per heavy atom. The molecule has 0 atom stereocenters. The summed E-state index contributed by atoms with van der Waals surface area (Å²) < 4.78 is 5.41. The molecule has 0 rings (SSSR count). The van der Waals surface area contributed by atoms with E-state index in [0.29, 0.717) is 5.96 Å². The highest BCUT2D eigenvalue weighted by atomic mass is 79.9. The Bertz CT molecular complexity index is 151. The zero-order valence-corrected chi connectivity index (χ0v) is 10.7. The lowest BCUT2D eigenvalue weighted by molar-refractivity contribution is 0.577. The van der Waals surface area contributed by atoms with Crippen molar-refractivity contribution in [1.29, 1.82) is 0 Å². The van der Waals surface area contributed by atoms with E-state index in [2.05, 4.69) is 36.3 Å². The first kappa shape index (κ1) is 13.2. The van der Waals surface area contributed by atoms with E-state index in [-0.39, 0.29) is 0 Å². The zero-order chi connectivity index (χ0) is 10.1. The third-order valence-corrected chi connectivity index (χ3v) is 2.73. The largest absolute Gasteiger partial charge is 0.368 e. The smallest absolute Gasteiger partial charge is 0.213 e. The average molecular weight is 316 g/mol. The van der Waals surface area contributed by atoms with Gasteiger partial charge in [-0.3, -0.25) is 3.93 Å². The van der Waals surface area contributed by atoms with Crippen LogP contribution in [0.1, 0.15) is 25.7 Å². The van der Waals surface area contributed by atoms with E-state index < -0.39 is 0 Å². The topological polar surface area (TPSA) is 67.6 Å². The molecule has 13 heavy (non-hydrogen) atoms. The minimum Gasteiger partial charge on any atom is -0.368 e. The van der Waals surface area contributed by atoms with Gasteiger partial charge in [0.2, 0.25) is 5.96 Å². The second-order valence-electron chi connectivity index (χ2n) is 2.73. The van der Waals surface area contributed by atoms with Crippen molar-refractivity contribution in [2.45, 2.75) is 25.7 Å². The van der Waals surface area contributed by atoms with Crippen LogP contribution in [0.3, 0.4) is 0 Å². The Morgan fingerprint density at radius 2 is 1.85 bits per heavy atom. The summed E-state index contributed by atoms with van der Waals surface area (Å²) in [6.07, 6.45) is 4.55. The molecule has 4 N–H and O–H groups in total. The fourth-order valence-electron chi connectivity index (χ4n) is 0.904. The van der Waals surface area contributed by atoms with Crippen LogP contribution >= 0.6 is 32.3 Å². The van der Waals surface area contributed by atoms with Crippen molar-refractivity contribution in [3.05, 3.63) is 0 Å². The van der Waals surface area contributed by atoms with Crippen molar-refractivity contribution in [3.63, 3.8) is 0 Å². The fourth-order valence-corrected chi connectivity index (χ4v) is 1.64. The summed E-state index contributed by atoms with van der Waals surface area (Å²) in [6, 6.07) is 0. The second kappa shape index (κ2) is 8.77. The van der Waals surface area contributed by atoms with Crippen molar-refractivity contribution >= 4 is 38.3 Å². The first-order valence-electron chi connectivity index (χ1n) is 4.30. The molecule has 0 unspecified atom stereocenters. The number of hydrogen-bond acceptors (Lipinski definition) is 2. The molecule has 4 nitrogen and oxygen atoms in total. The molecular formula is C7H16Br2N4. The first-order valence-corrected chi connectivity index (χ1v) is 5.72. The summed E-state index contributed by atoms with van der Waals surface area (Å²) in [6.45, 7) is 1.65. The van der Waals surface area contributed by atoms with Crippen molar-refractivity contribution in [2.75, 3.05) is 13.1 Å². The lowest BCUT2D eigenvalue weighted by atomic mass is 10.2. The summed E-state index contributed by atoms with van der Waals surface area (Å²) in [5.74, 6) is 0.443. The van der Waals surface area contributed by atoms with Gasteiger partial charge in [-0.1, -0.05) is 12.8 Å². The Balaban J connectivity index is 3.32. The number of guanidine groups is 1. The molecule has 0 aromatic heterocycles. The van der Waals surface area contributed by atoms with Crippen LogP contribution in [0.2, 0.25) is 0 Å². The minimum absolute atomic E-state index is 0.443. The van der Waals surface area contributed by atoms with Gasteiger partial charge in [0, 0.05) is 6.54 Å². The predicted octanol–water partition coefficient (Wildman–Crippen LogP) is 1.74. The molecule has 0 aromatic carbocycles. The molecule has 0 spiro atoms. The van der Waals surface area contributed by atoms with E-state index in [0.717, 1.165) is 25.9 Å². The highest BCUT2D eigenvalue weighted by Gasteiger charge is 2.01. The molecule has 0 radical (unpaired) electrons. The molecule has 0 aromatic rings. The molecule has 0 aliphatic rings. The lowest BCUT2D eigenvalue weighted by Crippen LogP contribution is -2.29. The van der Waals surface area contributed by atoms with Gasteiger partial charge in [-0.2, -0.15) is 4.02 Å². The molecule has 0 bridgehead atoms. The monoisotopic (exact) mass is 314 g/mol. The van der Waals surface area contributed by atoms with Gasteiger partial charge in [0.1, 0.15) is 0 Å². The SMILES string of the molecule is NCCCCCCN(Br)/C(N)=N\Br. The number of halogens is 2. The summed E-state index contributed by atoms with van der Waals surface area (Å²) in [7, 11) is 0. The van der Waals surface area contributed by atoms with Gasteiger partial charge in [-0.15, -0.1) is 0 Å². The molecule has 0 amide bonds. The van der Waals surface area contributed by atoms with Gasteiger partial charge in [0.25, 0.3) is 0 Å². The summed E-state index contributed by atoms with van der Waals surface area (Å²) in [5.41, 5.74) is 10.9. The Morgan fingerprint density at radius 3 is 2.38 bits per heavy atom. The molecule has 0 fully saturated rings. The van der Waals surface area contributed by atoms with Gasteiger partial charge in [0.15, 0.2) is 0 Å². The molecule has 6 heteroatoms. The quantitative estimate of drug-likeness (QED) is 0.339. The summed E-state index contributed by atoms with van der Waals surface area (Å²) in [4.78, 5) is 0. The van der Waals surface area contributed by atoms with Crippen LogP contribution in [0.25, 0.3) is 0 Å². The maximum atomic E-state index is 5.52. The van der Waals surface area contributed by atoms with Crippen molar-refractivity contribution < 1.29 is 0 Å². The molecule has 0 saturated heterocycles. The predicted molar refractivity (Wildman–Crippen MR) is 63.7 cm³/mol. The first-order chi connectivity index (χ1) is 6.22.